The van der Waals surface area contributed by atoms with Crippen molar-refractivity contribution in [2.45, 2.75) is 38.7 Å². The van der Waals surface area contributed by atoms with E-state index in [-0.39, 0.29) is 17.9 Å². The number of amides is 2. The number of hydrogen-bond acceptors (Lipinski definition) is 4. The molecular formula is C23H28N2O3S. The molecule has 2 amide bonds. The molecule has 6 heteroatoms. The van der Waals surface area contributed by atoms with E-state index >= 15 is 0 Å². The van der Waals surface area contributed by atoms with E-state index in [0.717, 1.165) is 18.4 Å². The normalized spacial score (nSPS) is 24.0. The van der Waals surface area contributed by atoms with Gasteiger partial charge in [0.05, 0.1) is 5.41 Å². The number of thiophene rings is 1. The molecule has 2 saturated heterocycles. The van der Waals surface area contributed by atoms with E-state index in [4.69, 9.17) is 4.74 Å². The van der Waals surface area contributed by atoms with E-state index < -0.39 is 5.41 Å². The van der Waals surface area contributed by atoms with Crippen LogP contribution in [0, 0.1) is 5.41 Å². The minimum Gasteiger partial charge on any atom is -0.368 e. The zero-order chi connectivity index (χ0) is 20.3. The highest BCUT2D eigenvalue weighted by Gasteiger charge is 2.47. The quantitative estimate of drug-likeness (QED) is 0.790. The molecule has 2 aliphatic heterocycles. The lowest BCUT2D eigenvalue weighted by Crippen LogP contribution is -2.46. The number of nitrogens with one attached hydrogen (secondary N) is 1. The van der Waals surface area contributed by atoms with Crippen molar-refractivity contribution < 1.29 is 14.3 Å². The zero-order valence-corrected chi connectivity index (χ0v) is 17.7. The molecule has 0 bridgehead atoms. The maximum absolute atomic E-state index is 13.1. The molecule has 1 aromatic heterocycles. The lowest BCUT2D eigenvalue weighted by atomic mass is 9.79. The summed E-state index contributed by atoms with van der Waals surface area (Å²) in [6.07, 6.45) is 2.70. The molecule has 1 aromatic carbocycles. The van der Waals surface area contributed by atoms with Crippen molar-refractivity contribution in [1.82, 2.24) is 10.2 Å². The first-order valence-electron chi connectivity index (χ1n) is 10.4. The summed E-state index contributed by atoms with van der Waals surface area (Å²) < 4.78 is 5.59. The standard InChI is InChI=1S/C23H28N2O3S/c1-2-24-22(27)23(10-11-25(16-23)21(26)19-8-4-12-28-19)15-17-6-3-7-18(14-17)20-9-5-13-29-20/h3,5-7,9,13-14,19H,2,4,8,10-12,15-16H2,1H3,(H,24,27). The number of ether oxygens (including phenoxy) is 1. The fraction of sp³-hybridized carbons (Fsp3) is 0.478. The Morgan fingerprint density at radius 1 is 1.31 bits per heavy atom. The van der Waals surface area contributed by atoms with Gasteiger partial charge in [0.25, 0.3) is 5.91 Å². The number of likely N-dealkylation sites (tertiary alicyclic amines) is 1. The number of nitrogens with zero attached hydrogens (tertiary/aromatic N) is 1. The lowest BCUT2D eigenvalue weighted by molar-refractivity contribution is -0.141. The van der Waals surface area contributed by atoms with Gasteiger partial charge in [0.2, 0.25) is 5.91 Å². The van der Waals surface area contributed by atoms with Gasteiger partial charge in [-0.1, -0.05) is 30.3 Å². The summed E-state index contributed by atoms with van der Waals surface area (Å²) in [4.78, 5) is 29.0. The maximum atomic E-state index is 13.1. The van der Waals surface area contributed by atoms with Crippen LogP contribution < -0.4 is 5.32 Å². The van der Waals surface area contributed by atoms with Gasteiger partial charge in [0, 0.05) is 31.1 Å². The van der Waals surface area contributed by atoms with Crippen LogP contribution in [0.2, 0.25) is 0 Å². The number of rotatable bonds is 6. The highest BCUT2D eigenvalue weighted by molar-refractivity contribution is 7.13. The summed E-state index contributed by atoms with van der Waals surface area (Å²) >= 11 is 1.71. The molecule has 2 aliphatic rings. The monoisotopic (exact) mass is 412 g/mol. The van der Waals surface area contributed by atoms with Crippen molar-refractivity contribution in [2.75, 3.05) is 26.2 Å². The zero-order valence-electron chi connectivity index (χ0n) is 16.9. The van der Waals surface area contributed by atoms with Gasteiger partial charge in [-0.3, -0.25) is 9.59 Å². The number of hydrogen-bond donors (Lipinski definition) is 1. The van der Waals surface area contributed by atoms with E-state index in [1.54, 1.807) is 11.3 Å². The van der Waals surface area contributed by atoms with E-state index in [0.29, 0.717) is 39.1 Å². The van der Waals surface area contributed by atoms with E-state index in [1.165, 1.54) is 10.4 Å². The van der Waals surface area contributed by atoms with Crippen LogP contribution in [-0.2, 0) is 20.7 Å². The molecule has 0 spiro atoms. The first-order valence-corrected chi connectivity index (χ1v) is 11.3. The van der Waals surface area contributed by atoms with Crippen molar-refractivity contribution in [3.8, 4) is 10.4 Å². The Hall–Kier alpha value is -2.18. The number of benzene rings is 1. The predicted molar refractivity (Wildman–Crippen MR) is 115 cm³/mol. The topological polar surface area (TPSA) is 58.6 Å². The molecule has 2 aromatic rings. The molecule has 154 valence electrons. The first kappa shape index (κ1) is 20.1. The Balaban J connectivity index is 1.56. The Morgan fingerprint density at radius 2 is 2.21 bits per heavy atom. The van der Waals surface area contributed by atoms with Gasteiger partial charge in [-0.25, -0.2) is 0 Å². The Bertz CT molecular complexity index is 861. The van der Waals surface area contributed by atoms with Gasteiger partial charge in [0.15, 0.2) is 0 Å². The highest BCUT2D eigenvalue weighted by Crippen LogP contribution is 2.37. The van der Waals surface area contributed by atoms with Crippen molar-refractivity contribution in [3.63, 3.8) is 0 Å². The summed E-state index contributed by atoms with van der Waals surface area (Å²) in [6.45, 7) is 4.26. The highest BCUT2D eigenvalue weighted by atomic mass is 32.1. The first-order chi connectivity index (χ1) is 14.1. The smallest absolute Gasteiger partial charge is 0.251 e. The average molecular weight is 413 g/mol. The number of carbonyl (C=O) groups is 2. The van der Waals surface area contributed by atoms with Crippen LogP contribution in [0.15, 0.2) is 41.8 Å². The van der Waals surface area contributed by atoms with Gasteiger partial charge >= 0.3 is 0 Å². The summed E-state index contributed by atoms with van der Waals surface area (Å²) in [5.41, 5.74) is 1.72. The SMILES string of the molecule is CCNC(=O)C1(Cc2cccc(-c3cccs3)c2)CCN(C(=O)C2CCCO2)C1. The number of carbonyl (C=O) groups excluding carboxylic acids is 2. The van der Waals surface area contributed by atoms with Crippen molar-refractivity contribution in [3.05, 3.63) is 47.3 Å². The van der Waals surface area contributed by atoms with Crippen LogP contribution in [0.4, 0.5) is 0 Å². The summed E-state index contributed by atoms with van der Waals surface area (Å²) in [5, 5.41) is 5.09. The molecule has 0 radical (unpaired) electrons. The minimum absolute atomic E-state index is 0.0426. The Kier molecular flexibility index (Phi) is 6.01. The van der Waals surface area contributed by atoms with Crippen LogP contribution >= 0.6 is 11.3 Å². The largest absolute Gasteiger partial charge is 0.368 e. The molecule has 4 rings (SSSR count). The van der Waals surface area contributed by atoms with Gasteiger partial charge in [-0.15, -0.1) is 11.3 Å². The van der Waals surface area contributed by atoms with Gasteiger partial charge < -0.3 is 15.0 Å². The molecule has 2 atom stereocenters. The van der Waals surface area contributed by atoms with Crippen molar-refractivity contribution in [1.29, 1.82) is 0 Å². The second-order valence-electron chi connectivity index (χ2n) is 8.01. The minimum atomic E-state index is -0.585. The summed E-state index contributed by atoms with van der Waals surface area (Å²) in [5.74, 6) is 0.0881. The van der Waals surface area contributed by atoms with Crippen LogP contribution in [0.25, 0.3) is 10.4 Å². The summed E-state index contributed by atoms with van der Waals surface area (Å²) in [6, 6.07) is 12.6. The Labute approximate surface area is 176 Å². The summed E-state index contributed by atoms with van der Waals surface area (Å²) in [7, 11) is 0. The average Bonchev–Trinajstić information content (AvgIpc) is 3.49. The van der Waals surface area contributed by atoms with E-state index in [1.807, 2.05) is 11.8 Å². The third-order valence-electron chi connectivity index (χ3n) is 5.96. The Morgan fingerprint density at radius 3 is 2.93 bits per heavy atom. The third kappa shape index (κ3) is 4.23. The molecule has 2 unspecified atom stereocenters. The van der Waals surface area contributed by atoms with Gasteiger partial charge in [-0.2, -0.15) is 0 Å². The van der Waals surface area contributed by atoms with E-state index in [9.17, 15) is 9.59 Å². The van der Waals surface area contributed by atoms with Crippen LogP contribution in [0.3, 0.4) is 0 Å². The maximum Gasteiger partial charge on any atom is 0.251 e. The fourth-order valence-corrected chi connectivity index (χ4v) is 5.19. The molecule has 0 aliphatic carbocycles. The van der Waals surface area contributed by atoms with Crippen LogP contribution in [0.1, 0.15) is 31.7 Å². The van der Waals surface area contributed by atoms with Crippen LogP contribution in [-0.4, -0.2) is 49.1 Å². The molecule has 5 nitrogen and oxygen atoms in total. The molecule has 3 heterocycles. The molecule has 29 heavy (non-hydrogen) atoms. The van der Waals surface area contributed by atoms with Gasteiger partial charge in [-0.05, 0) is 55.2 Å². The third-order valence-corrected chi connectivity index (χ3v) is 6.88. The van der Waals surface area contributed by atoms with Crippen molar-refractivity contribution in [2.24, 2.45) is 5.41 Å². The second kappa shape index (κ2) is 8.67. The second-order valence-corrected chi connectivity index (χ2v) is 8.95. The lowest BCUT2D eigenvalue weighted by Gasteiger charge is -2.29. The van der Waals surface area contributed by atoms with Gasteiger partial charge in [0.1, 0.15) is 6.10 Å². The predicted octanol–water partition coefficient (Wildman–Crippen LogP) is 3.49. The van der Waals surface area contributed by atoms with E-state index in [2.05, 4.69) is 47.1 Å². The molecule has 1 N–H and O–H groups in total. The molecule has 2 fully saturated rings. The molecule has 0 saturated carbocycles. The molecular weight excluding hydrogens is 384 g/mol. The fourth-order valence-electron chi connectivity index (χ4n) is 4.46. The van der Waals surface area contributed by atoms with Crippen LogP contribution in [0.5, 0.6) is 0 Å². The van der Waals surface area contributed by atoms with Crippen molar-refractivity contribution >= 4 is 23.2 Å².